The Morgan fingerprint density at radius 2 is 2.00 bits per heavy atom. The molecule has 1 aromatic carbocycles. The molecule has 2 rings (SSSR count). The summed E-state index contributed by atoms with van der Waals surface area (Å²) < 4.78 is 36.6. The predicted molar refractivity (Wildman–Crippen MR) is 77.7 cm³/mol. The average molecular weight is 330 g/mol. The van der Waals surface area contributed by atoms with Gasteiger partial charge in [-0.2, -0.15) is 4.31 Å². The number of nitrogens with zero attached hydrogens (tertiary/aromatic N) is 1. The van der Waals surface area contributed by atoms with Gasteiger partial charge >= 0.3 is 5.97 Å². The number of carbonyl (C=O) groups is 1. The summed E-state index contributed by atoms with van der Waals surface area (Å²) in [5, 5.41) is 12.1. The van der Waals surface area contributed by atoms with Gasteiger partial charge in [-0.15, -0.1) is 0 Å². The molecule has 1 heterocycles. The van der Waals surface area contributed by atoms with Crippen LogP contribution >= 0.6 is 0 Å². The van der Waals surface area contributed by atoms with Gasteiger partial charge < -0.3 is 19.9 Å². The van der Waals surface area contributed by atoms with Crippen LogP contribution in [0.25, 0.3) is 0 Å². The number of carboxylic acid groups (broad SMARTS) is 1. The molecule has 1 saturated heterocycles. The second-order valence-corrected chi connectivity index (χ2v) is 6.58. The van der Waals surface area contributed by atoms with E-state index in [1.54, 1.807) is 0 Å². The maximum absolute atomic E-state index is 12.7. The number of sulfonamides is 1. The number of piperazine rings is 1. The van der Waals surface area contributed by atoms with Crippen LogP contribution in [0.5, 0.6) is 11.5 Å². The minimum atomic E-state index is -3.94. The van der Waals surface area contributed by atoms with Crippen molar-refractivity contribution in [1.82, 2.24) is 9.62 Å². The highest BCUT2D eigenvalue weighted by atomic mass is 32.2. The number of ether oxygens (including phenoxy) is 2. The minimum absolute atomic E-state index is 0.0294. The molecule has 1 aliphatic rings. The molecule has 122 valence electrons. The van der Waals surface area contributed by atoms with Crippen molar-refractivity contribution in [3.63, 3.8) is 0 Å². The lowest BCUT2D eigenvalue weighted by Gasteiger charge is -2.32. The van der Waals surface area contributed by atoms with Gasteiger partial charge in [0.15, 0.2) is 11.5 Å². The van der Waals surface area contributed by atoms with Crippen molar-refractivity contribution in [2.75, 3.05) is 33.9 Å². The molecule has 0 spiro atoms. The van der Waals surface area contributed by atoms with Crippen molar-refractivity contribution >= 4 is 16.0 Å². The Labute approximate surface area is 128 Å². The number of methoxy groups -OCH3 is 2. The molecule has 0 bridgehead atoms. The summed E-state index contributed by atoms with van der Waals surface area (Å²) in [6, 6.07) is 3.04. The lowest BCUT2D eigenvalue weighted by Crippen LogP contribution is -2.56. The van der Waals surface area contributed by atoms with Crippen molar-refractivity contribution in [2.24, 2.45) is 0 Å². The zero-order valence-corrected chi connectivity index (χ0v) is 13.1. The smallest absolute Gasteiger partial charge is 0.323 e. The van der Waals surface area contributed by atoms with E-state index in [-0.39, 0.29) is 23.7 Å². The molecule has 1 atom stereocenters. The molecule has 22 heavy (non-hydrogen) atoms. The first-order chi connectivity index (χ1) is 10.4. The van der Waals surface area contributed by atoms with Crippen molar-refractivity contribution in [1.29, 1.82) is 0 Å². The standard InChI is InChI=1S/C13H18N2O6S/c1-20-11-4-3-9(7-12(11)21-2)22(18,19)15-6-5-14-8-10(15)13(16)17/h3-4,7,10,14H,5-6,8H2,1-2H3,(H,16,17)/t10-/m0/s1. The first kappa shape index (κ1) is 16.5. The first-order valence-electron chi connectivity index (χ1n) is 6.59. The van der Waals surface area contributed by atoms with Crippen LogP contribution in [0.2, 0.25) is 0 Å². The van der Waals surface area contributed by atoms with E-state index >= 15 is 0 Å². The molecule has 0 radical (unpaired) electrons. The fraction of sp³-hybridized carbons (Fsp3) is 0.462. The Bertz CT molecular complexity index is 660. The maximum Gasteiger partial charge on any atom is 0.323 e. The van der Waals surface area contributed by atoms with E-state index in [1.165, 1.54) is 32.4 Å². The lowest BCUT2D eigenvalue weighted by molar-refractivity contribution is -0.141. The highest BCUT2D eigenvalue weighted by molar-refractivity contribution is 7.89. The van der Waals surface area contributed by atoms with Crippen molar-refractivity contribution in [3.8, 4) is 11.5 Å². The molecular weight excluding hydrogens is 312 g/mol. The van der Waals surface area contributed by atoms with Gasteiger partial charge in [-0.25, -0.2) is 8.42 Å². The lowest BCUT2D eigenvalue weighted by atomic mass is 10.2. The molecule has 0 aromatic heterocycles. The van der Waals surface area contributed by atoms with Crippen LogP contribution in [-0.2, 0) is 14.8 Å². The van der Waals surface area contributed by atoms with Crippen LogP contribution in [0, 0.1) is 0 Å². The monoisotopic (exact) mass is 330 g/mol. The summed E-state index contributed by atoms with van der Waals surface area (Å²) in [5.41, 5.74) is 0. The molecule has 0 unspecified atom stereocenters. The van der Waals surface area contributed by atoms with Crippen molar-refractivity contribution < 1.29 is 27.8 Å². The van der Waals surface area contributed by atoms with Gasteiger partial charge in [-0.3, -0.25) is 4.79 Å². The molecule has 1 aromatic rings. The molecule has 8 nitrogen and oxygen atoms in total. The van der Waals surface area contributed by atoms with Gasteiger partial charge in [0.25, 0.3) is 0 Å². The van der Waals surface area contributed by atoms with Crippen LogP contribution in [0.3, 0.4) is 0 Å². The zero-order valence-electron chi connectivity index (χ0n) is 12.3. The highest BCUT2D eigenvalue weighted by Gasteiger charge is 2.37. The zero-order chi connectivity index (χ0) is 16.3. The largest absolute Gasteiger partial charge is 0.493 e. The van der Waals surface area contributed by atoms with E-state index in [1.807, 2.05) is 0 Å². The summed E-state index contributed by atoms with van der Waals surface area (Å²) in [5.74, 6) is -0.515. The molecule has 9 heteroatoms. The van der Waals surface area contributed by atoms with E-state index in [2.05, 4.69) is 5.32 Å². The van der Waals surface area contributed by atoms with Gasteiger partial charge in [0, 0.05) is 25.7 Å². The van der Waals surface area contributed by atoms with Crippen LogP contribution in [0.1, 0.15) is 0 Å². The van der Waals surface area contributed by atoms with Crippen LogP contribution in [0.4, 0.5) is 0 Å². The van der Waals surface area contributed by atoms with Gasteiger partial charge in [-0.05, 0) is 12.1 Å². The maximum atomic E-state index is 12.7. The topological polar surface area (TPSA) is 105 Å². The third kappa shape index (κ3) is 3.01. The van der Waals surface area contributed by atoms with E-state index < -0.39 is 22.0 Å². The molecule has 1 fully saturated rings. The molecule has 0 amide bonds. The Morgan fingerprint density at radius 3 is 2.59 bits per heavy atom. The van der Waals surface area contributed by atoms with Crippen LogP contribution in [-0.4, -0.2) is 63.7 Å². The fourth-order valence-corrected chi connectivity index (χ4v) is 3.89. The number of hydrogen-bond donors (Lipinski definition) is 2. The third-order valence-corrected chi connectivity index (χ3v) is 5.35. The second kappa shape index (κ2) is 6.51. The van der Waals surface area contributed by atoms with Crippen LogP contribution in [0.15, 0.2) is 23.1 Å². The normalized spacial score (nSPS) is 19.6. The SMILES string of the molecule is COc1ccc(S(=O)(=O)N2CCNC[C@H]2C(=O)O)cc1OC. The van der Waals surface area contributed by atoms with Gasteiger partial charge in [0.1, 0.15) is 6.04 Å². The number of nitrogens with one attached hydrogen (secondary N) is 1. The Kier molecular flexibility index (Phi) is 4.89. The summed E-state index contributed by atoms with van der Waals surface area (Å²) in [4.78, 5) is 11.2. The van der Waals surface area contributed by atoms with E-state index in [9.17, 15) is 18.3 Å². The van der Waals surface area contributed by atoms with E-state index in [0.29, 0.717) is 12.3 Å². The number of hydrogen-bond acceptors (Lipinski definition) is 6. The molecular formula is C13H18N2O6S. The van der Waals surface area contributed by atoms with Gasteiger partial charge in [0.05, 0.1) is 19.1 Å². The minimum Gasteiger partial charge on any atom is -0.493 e. The molecule has 0 saturated carbocycles. The van der Waals surface area contributed by atoms with Gasteiger partial charge in [-0.1, -0.05) is 0 Å². The third-order valence-electron chi connectivity index (χ3n) is 3.44. The van der Waals surface area contributed by atoms with Gasteiger partial charge in [0.2, 0.25) is 10.0 Å². The number of aliphatic carboxylic acids is 1. The quantitative estimate of drug-likeness (QED) is 0.767. The van der Waals surface area contributed by atoms with Crippen LogP contribution < -0.4 is 14.8 Å². The summed E-state index contributed by atoms with van der Waals surface area (Å²) in [6.45, 7) is 0.561. The Morgan fingerprint density at radius 1 is 1.32 bits per heavy atom. The molecule has 2 N–H and O–H groups in total. The second-order valence-electron chi connectivity index (χ2n) is 4.69. The van der Waals surface area contributed by atoms with Crippen molar-refractivity contribution in [3.05, 3.63) is 18.2 Å². The first-order valence-corrected chi connectivity index (χ1v) is 8.03. The molecule has 0 aliphatic carbocycles. The predicted octanol–water partition coefficient (Wildman–Crippen LogP) is -0.249. The van der Waals surface area contributed by atoms with E-state index in [4.69, 9.17) is 9.47 Å². The summed E-state index contributed by atoms with van der Waals surface area (Å²) in [6.07, 6.45) is 0. The number of rotatable bonds is 5. The summed E-state index contributed by atoms with van der Waals surface area (Å²) in [7, 11) is -1.09. The molecule has 1 aliphatic heterocycles. The number of benzene rings is 1. The van der Waals surface area contributed by atoms with E-state index in [0.717, 1.165) is 4.31 Å². The Hall–Kier alpha value is -1.84. The van der Waals surface area contributed by atoms with Crippen molar-refractivity contribution in [2.45, 2.75) is 10.9 Å². The highest BCUT2D eigenvalue weighted by Crippen LogP contribution is 2.31. The fourth-order valence-electron chi connectivity index (χ4n) is 2.30. The number of carboxylic acids is 1. The Balaban J connectivity index is 2.42. The summed E-state index contributed by atoms with van der Waals surface area (Å²) >= 11 is 0. The average Bonchev–Trinajstić information content (AvgIpc) is 2.54.